The van der Waals surface area contributed by atoms with Gasteiger partial charge in [-0.1, -0.05) is 0 Å². The van der Waals surface area contributed by atoms with Gasteiger partial charge in [-0.05, 0) is 19.8 Å². The van der Waals surface area contributed by atoms with Gasteiger partial charge in [-0.2, -0.15) is 0 Å². The highest BCUT2D eigenvalue weighted by molar-refractivity contribution is 6.32. The molecule has 80 valence electrons. The van der Waals surface area contributed by atoms with Crippen LogP contribution in [-0.2, 0) is 14.3 Å². The maximum absolute atomic E-state index is 11.4. The first-order valence-electron chi connectivity index (χ1n) is 4.63. The molecule has 0 aromatic heterocycles. The van der Waals surface area contributed by atoms with E-state index in [1.165, 1.54) is 12.0 Å². The average Bonchev–Trinajstić information content (AvgIpc) is 2.19. The highest BCUT2D eigenvalue weighted by atomic mass is 16.5. The van der Waals surface area contributed by atoms with Gasteiger partial charge < -0.3 is 14.7 Å². The molecule has 1 N–H and O–H groups in total. The van der Waals surface area contributed by atoms with Crippen molar-refractivity contribution in [3.8, 4) is 0 Å². The van der Waals surface area contributed by atoms with E-state index in [1.807, 2.05) is 6.92 Å². The van der Waals surface area contributed by atoms with Crippen LogP contribution in [0.5, 0.6) is 0 Å². The van der Waals surface area contributed by atoms with Crippen LogP contribution in [0.25, 0.3) is 0 Å². The van der Waals surface area contributed by atoms with Crippen LogP contribution in [-0.4, -0.2) is 47.7 Å². The van der Waals surface area contributed by atoms with Crippen molar-refractivity contribution in [1.82, 2.24) is 4.90 Å². The van der Waals surface area contributed by atoms with Crippen molar-refractivity contribution >= 4 is 11.9 Å². The molecular formula is C9H15NO4. The summed E-state index contributed by atoms with van der Waals surface area (Å²) in [5.41, 5.74) is 0. The number of likely N-dealkylation sites (tertiary alicyclic amines) is 1. The number of ether oxygens (including phenoxy) is 1. The SMILES string of the molecule is COC(=O)C(=O)N1CC(O)CCC1C. The number of carbonyl (C=O) groups is 2. The van der Waals surface area contributed by atoms with Gasteiger partial charge in [0.15, 0.2) is 0 Å². The fourth-order valence-corrected chi connectivity index (χ4v) is 1.58. The van der Waals surface area contributed by atoms with Crippen molar-refractivity contribution in [3.05, 3.63) is 0 Å². The van der Waals surface area contributed by atoms with Gasteiger partial charge in [0.25, 0.3) is 0 Å². The number of carbonyl (C=O) groups excluding carboxylic acids is 2. The Balaban J connectivity index is 2.65. The molecule has 0 aromatic carbocycles. The second-order valence-corrected chi connectivity index (χ2v) is 3.53. The zero-order valence-electron chi connectivity index (χ0n) is 8.40. The summed E-state index contributed by atoms with van der Waals surface area (Å²) in [6, 6.07) is -0.00926. The van der Waals surface area contributed by atoms with Crippen molar-refractivity contribution in [1.29, 1.82) is 0 Å². The summed E-state index contributed by atoms with van der Waals surface area (Å²) >= 11 is 0. The van der Waals surface area contributed by atoms with Gasteiger partial charge >= 0.3 is 11.9 Å². The topological polar surface area (TPSA) is 66.8 Å². The molecule has 1 saturated heterocycles. The van der Waals surface area contributed by atoms with Crippen LogP contribution in [0.15, 0.2) is 0 Å². The van der Waals surface area contributed by atoms with Crippen LogP contribution >= 0.6 is 0 Å². The third kappa shape index (κ3) is 2.23. The first kappa shape index (κ1) is 11.0. The summed E-state index contributed by atoms with van der Waals surface area (Å²) in [7, 11) is 1.17. The third-order valence-electron chi connectivity index (χ3n) is 2.48. The summed E-state index contributed by atoms with van der Waals surface area (Å²) in [6.45, 7) is 2.07. The Hall–Kier alpha value is -1.10. The Morgan fingerprint density at radius 2 is 2.07 bits per heavy atom. The van der Waals surface area contributed by atoms with E-state index in [0.717, 1.165) is 0 Å². The van der Waals surface area contributed by atoms with E-state index in [1.54, 1.807) is 0 Å². The molecule has 0 bridgehead atoms. The number of β-amino-alcohol motifs (C(OH)–C–C–N with tert-alkyl or cyclic N) is 1. The summed E-state index contributed by atoms with van der Waals surface area (Å²) < 4.78 is 4.34. The minimum atomic E-state index is -0.869. The molecule has 2 unspecified atom stereocenters. The number of esters is 1. The van der Waals surface area contributed by atoms with E-state index in [4.69, 9.17) is 0 Å². The fraction of sp³-hybridized carbons (Fsp3) is 0.778. The predicted molar refractivity (Wildman–Crippen MR) is 48.4 cm³/mol. The number of hydrogen-bond acceptors (Lipinski definition) is 4. The van der Waals surface area contributed by atoms with E-state index >= 15 is 0 Å². The molecule has 0 saturated carbocycles. The minimum Gasteiger partial charge on any atom is -0.462 e. The van der Waals surface area contributed by atoms with Crippen LogP contribution < -0.4 is 0 Å². The Bertz CT molecular complexity index is 241. The van der Waals surface area contributed by atoms with Crippen molar-refractivity contribution in [3.63, 3.8) is 0 Å². The zero-order valence-corrected chi connectivity index (χ0v) is 8.40. The van der Waals surface area contributed by atoms with Crippen molar-refractivity contribution < 1.29 is 19.4 Å². The Kier molecular flexibility index (Phi) is 3.46. The quantitative estimate of drug-likeness (QED) is 0.425. The van der Waals surface area contributed by atoms with Crippen molar-refractivity contribution in [2.45, 2.75) is 31.9 Å². The fourth-order valence-electron chi connectivity index (χ4n) is 1.58. The maximum Gasteiger partial charge on any atom is 0.396 e. The highest BCUT2D eigenvalue weighted by Crippen LogP contribution is 2.17. The van der Waals surface area contributed by atoms with E-state index in [2.05, 4.69) is 4.74 Å². The molecule has 5 heteroatoms. The molecule has 1 heterocycles. The molecule has 0 aliphatic carbocycles. The molecule has 2 atom stereocenters. The van der Waals surface area contributed by atoms with E-state index < -0.39 is 18.0 Å². The highest BCUT2D eigenvalue weighted by Gasteiger charge is 2.31. The number of amides is 1. The van der Waals surface area contributed by atoms with Crippen molar-refractivity contribution in [2.75, 3.05) is 13.7 Å². The predicted octanol–water partition coefficient (Wildman–Crippen LogP) is -0.469. The van der Waals surface area contributed by atoms with Crippen LogP contribution in [0.2, 0.25) is 0 Å². The molecule has 0 aromatic rings. The van der Waals surface area contributed by atoms with Gasteiger partial charge in [0.1, 0.15) is 0 Å². The number of rotatable bonds is 0. The van der Waals surface area contributed by atoms with E-state index in [-0.39, 0.29) is 12.6 Å². The number of aliphatic hydroxyl groups is 1. The van der Waals surface area contributed by atoms with Gasteiger partial charge in [-0.25, -0.2) is 4.79 Å². The Morgan fingerprint density at radius 1 is 1.43 bits per heavy atom. The maximum atomic E-state index is 11.4. The largest absolute Gasteiger partial charge is 0.462 e. The number of nitrogens with zero attached hydrogens (tertiary/aromatic N) is 1. The zero-order chi connectivity index (χ0) is 10.7. The normalized spacial score (nSPS) is 27.2. The molecule has 5 nitrogen and oxygen atoms in total. The molecule has 1 fully saturated rings. The number of piperidine rings is 1. The van der Waals surface area contributed by atoms with Gasteiger partial charge in [-0.15, -0.1) is 0 Å². The monoisotopic (exact) mass is 201 g/mol. The molecule has 14 heavy (non-hydrogen) atoms. The first-order valence-corrected chi connectivity index (χ1v) is 4.63. The van der Waals surface area contributed by atoms with E-state index in [9.17, 15) is 14.7 Å². The van der Waals surface area contributed by atoms with Gasteiger partial charge in [0.2, 0.25) is 0 Å². The molecule has 0 spiro atoms. The van der Waals surface area contributed by atoms with Crippen LogP contribution in [0.3, 0.4) is 0 Å². The standard InChI is InChI=1S/C9H15NO4/c1-6-3-4-7(11)5-10(6)8(12)9(13)14-2/h6-7,11H,3-5H2,1-2H3. The molecule has 1 rings (SSSR count). The third-order valence-corrected chi connectivity index (χ3v) is 2.48. The smallest absolute Gasteiger partial charge is 0.396 e. The minimum absolute atomic E-state index is 0.00926. The molecule has 1 aliphatic rings. The van der Waals surface area contributed by atoms with Crippen LogP contribution in [0.1, 0.15) is 19.8 Å². The van der Waals surface area contributed by atoms with Gasteiger partial charge in [-0.3, -0.25) is 4.79 Å². The second-order valence-electron chi connectivity index (χ2n) is 3.53. The molecule has 1 aliphatic heterocycles. The lowest BCUT2D eigenvalue weighted by Crippen LogP contribution is -2.50. The Morgan fingerprint density at radius 3 is 2.64 bits per heavy atom. The second kappa shape index (κ2) is 4.41. The average molecular weight is 201 g/mol. The lowest BCUT2D eigenvalue weighted by atomic mass is 10.0. The van der Waals surface area contributed by atoms with E-state index in [0.29, 0.717) is 12.8 Å². The lowest BCUT2D eigenvalue weighted by molar-refractivity contribution is -0.161. The summed E-state index contributed by atoms with van der Waals surface area (Å²) in [5, 5.41) is 9.35. The lowest BCUT2D eigenvalue weighted by Gasteiger charge is -2.35. The van der Waals surface area contributed by atoms with Crippen LogP contribution in [0.4, 0.5) is 0 Å². The number of hydrogen-bond donors (Lipinski definition) is 1. The Labute approximate surface area is 82.6 Å². The van der Waals surface area contributed by atoms with Gasteiger partial charge in [0.05, 0.1) is 13.2 Å². The van der Waals surface area contributed by atoms with Crippen molar-refractivity contribution in [2.24, 2.45) is 0 Å². The molecule has 1 amide bonds. The number of aliphatic hydroxyl groups excluding tert-OH is 1. The van der Waals surface area contributed by atoms with Gasteiger partial charge in [0, 0.05) is 12.6 Å². The summed E-state index contributed by atoms with van der Waals surface area (Å²) in [5.74, 6) is -1.54. The molecular weight excluding hydrogens is 186 g/mol. The first-order chi connectivity index (χ1) is 6.56. The summed E-state index contributed by atoms with van der Waals surface area (Å²) in [6.07, 6.45) is 0.857. The molecule has 0 radical (unpaired) electrons. The van der Waals surface area contributed by atoms with Crippen LogP contribution in [0, 0.1) is 0 Å². The summed E-state index contributed by atoms with van der Waals surface area (Å²) in [4.78, 5) is 23.8. The number of methoxy groups -OCH3 is 1.